The van der Waals surface area contributed by atoms with E-state index < -0.39 is 6.36 Å². The van der Waals surface area contributed by atoms with Crippen LogP contribution in [-0.2, 0) is 6.42 Å². The van der Waals surface area contributed by atoms with Crippen LogP contribution in [0.2, 0.25) is 0 Å². The van der Waals surface area contributed by atoms with Crippen molar-refractivity contribution in [1.29, 1.82) is 0 Å². The van der Waals surface area contributed by atoms with Gasteiger partial charge in [-0.05, 0) is 30.9 Å². The van der Waals surface area contributed by atoms with E-state index >= 15 is 0 Å². The van der Waals surface area contributed by atoms with Crippen LogP contribution < -0.4 is 10.5 Å². The van der Waals surface area contributed by atoms with Crippen LogP contribution >= 0.6 is 24.0 Å². The molecule has 0 unspecified atom stereocenters. The van der Waals surface area contributed by atoms with Crippen molar-refractivity contribution in [2.24, 2.45) is 10.7 Å². The summed E-state index contributed by atoms with van der Waals surface area (Å²) >= 11 is 0. The number of likely N-dealkylation sites (tertiary alicyclic amines) is 1. The van der Waals surface area contributed by atoms with Gasteiger partial charge in [-0.3, -0.25) is 4.99 Å². The maximum absolute atomic E-state index is 12.4. The van der Waals surface area contributed by atoms with E-state index in [1.54, 1.807) is 12.1 Å². The Morgan fingerprint density at radius 2 is 1.75 bits per heavy atom. The van der Waals surface area contributed by atoms with Gasteiger partial charge in [0, 0.05) is 19.6 Å². The Morgan fingerprint density at radius 3 is 2.38 bits per heavy atom. The molecule has 2 rings (SSSR count). The molecule has 1 fully saturated rings. The van der Waals surface area contributed by atoms with Gasteiger partial charge < -0.3 is 15.4 Å². The summed E-state index contributed by atoms with van der Waals surface area (Å²) in [6.07, 6.45) is 0.250. The molecule has 1 heterocycles. The second kappa shape index (κ2) is 9.95. The smallest absolute Gasteiger partial charge is 0.406 e. The van der Waals surface area contributed by atoms with Crippen LogP contribution in [0, 0.1) is 0 Å². The highest BCUT2D eigenvalue weighted by atomic mass is 127. The van der Waals surface area contributed by atoms with E-state index in [-0.39, 0.29) is 29.7 Å². The van der Waals surface area contributed by atoms with Crippen molar-refractivity contribution in [3.05, 3.63) is 29.8 Å². The molecule has 1 aliphatic heterocycles. The van der Waals surface area contributed by atoms with Crippen molar-refractivity contribution in [3.63, 3.8) is 0 Å². The fourth-order valence-corrected chi connectivity index (χ4v) is 2.63. The zero-order chi connectivity index (χ0) is 16.7. The first-order chi connectivity index (χ1) is 11.0. The summed E-state index contributed by atoms with van der Waals surface area (Å²) < 4.78 is 41.2. The van der Waals surface area contributed by atoms with Crippen molar-refractivity contribution in [1.82, 2.24) is 4.90 Å². The third kappa shape index (κ3) is 7.14. The number of para-hydroxylation sites is 1. The molecule has 0 saturated carbocycles. The summed E-state index contributed by atoms with van der Waals surface area (Å²) in [5.41, 5.74) is 6.46. The Bertz CT molecular complexity index is 530. The summed E-state index contributed by atoms with van der Waals surface area (Å²) in [5, 5.41) is 0. The average molecular weight is 457 g/mol. The summed E-state index contributed by atoms with van der Waals surface area (Å²) in [7, 11) is 0. The number of aliphatic imine (C=N–C) groups is 1. The predicted octanol–water partition coefficient (Wildman–Crippen LogP) is 3.94. The van der Waals surface area contributed by atoms with Crippen LogP contribution in [0.1, 0.15) is 31.2 Å². The second-order valence-electron chi connectivity index (χ2n) is 5.55. The zero-order valence-corrected chi connectivity index (χ0v) is 15.7. The highest BCUT2D eigenvalue weighted by Gasteiger charge is 2.31. The first-order valence-electron chi connectivity index (χ1n) is 7.84. The number of hydrogen-bond donors (Lipinski definition) is 1. The number of rotatable bonds is 4. The summed E-state index contributed by atoms with van der Waals surface area (Å²) in [4.78, 5) is 6.35. The molecule has 0 aromatic heterocycles. The Hall–Kier alpha value is -1.19. The molecule has 8 heteroatoms. The largest absolute Gasteiger partial charge is 0.573 e. The molecule has 2 N–H and O–H groups in total. The van der Waals surface area contributed by atoms with E-state index in [0.29, 0.717) is 24.5 Å². The summed E-state index contributed by atoms with van der Waals surface area (Å²) in [6.45, 7) is 2.12. The zero-order valence-electron chi connectivity index (χ0n) is 13.4. The minimum absolute atomic E-state index is 0. The Labute approximate surface area is 157 Å². The molecule has 4 nitrogen and oxygen atoms in total. The van der Waals surface area contributed by atoms with Crippen LogP contribution in [0.25, 0.3) is 0 Å². The van der Waals surface area contributed by atoms with Crippen LogP contribution in [-0.4, -0.2) is 36.9 Å². The molecule has 0 spiro atoms. The molecule has 1 aliphatic rings. The lowest BCUT2D eigenvalue weighted by Gasteiger charge is -2.21. The fraction of sp³-hybridized carbons (Fsp3) is 0.562. The highest BCUT2D eigenvalue weighted by molar-refractivity contribution is 14.0. The molecule has 0 aliphatic carbocycles. The summed E-state index contributed by atoms with van der Waals surface area (Å²) in [6, 6.07) is 6.11. The van der Waals surface area contributed by atoms with Crippen molar-refractivity contribution in [3.8, 4) is 5.75 Å². The molecule has 24 heavy (non-hydrogen) atoms. The number of hydrogen-bond acceptors (Lipinski definition) is 2. The maximum atomic E-state index is 12.4. The quantitative estimate of drug-likeness (QED) is 0.424. The molecule has 0 atom stereocenters. The van der Waals surface area contributed by atoms with Gasteiger partial charge in [0.2, 0.25) is 0 Å². The van der Waals surface area contributed by atoms with Crippen LogP contribution in [0.4, 0.5) is 13.2 Å². The van der Waals surface area contributed by atoms with Gasteiger partial charge in [-0.25, -0.2) is 0 Å². The van der Waals surface area contributed by atoms with Gasteiger partial charge in [0.05, 0.1) is 0 Å². The van der Waals surface area contributed by atoms with Crippen molar-refractivity contribution >= 4 is 29.9 Å². The molecule has 1 aromatic rings. The minimum Gasteiger partial charge on any atom is -0.406 e. The van der Waals surface area contributed by atoms with E-state index in [1.807, 2.05) is 4.90 Å². The summed E-state index contributed by atoms with van der Waals surface area (Å²) in [5.74, 6) is 0.296. The number of nitrogens with two attached hydrogens (primary N) is 1. The number of guanidine groups is 1. The lowest BCUT2D eigenvalue weighted by Crippen LogP contribution is -2.38. The van der Waals surface area contributed by atoms with Gasteiger partial charge in [0.25, 0.3) is 0 Å². The van der Waals surface area contributed by atoms with Crippen LogP contribution in [0.15, 0.2) is 29.3 Å². The highest BCUT2D eigenvalue weighted by Crippen LogP contribution is 2.26. The molecule has 1 aromatic carbocycles. The lowest BCUT2D eigenvalue weighted by molar-refractivity contribution is -0.274. The topological polar surface area (TPSA) is 50.9 Å². The van der Waals surface area contributed by atoms with Crippen LogP contribution in [0.3, 0.4) is 0 Å². The van der Waals surface area contributed by atoms with Gasteiger partial charge in [0.1, 0.15) is 5.75 Å². The molecular formula is C16H23F3IN3O. The monoisotopic (exact) mass is 457 g/mol. The molecule has 136 valence electrons. The molecule has 0 bridgehead atoms. The first-order valence-corrected chi connectivity index (χ1v) is 7.84. The second-order valence-corrected chi connectivity index (χ2v) is 5.55. The lowest BCUT2D eigenvalue weighted by atomic mass is 10.1. The Morgan fingerprint density at radius 1 is 1.12 bits per heavy atom. The number of alkyl halides is 3. The van der Waals surface area contributed by atoms with Gasteiger partial charge >= 0.3 is 6.36 Å². The molecule has 1 saturated heterocycles. The number of ether oxygens (including phenoxy) is 1. The predicted molar refractivity (Wildman–Crippen MR) is 98.8 cm³/mol. The van der Waals surface area contributed by atoms with E-state index in [1.165, 1.54) is 25.0 Å². The van der Waals surface area contributed by atoms with E-state index in [4.69, 9.17) is 5.73 Å². The molecule has 0 radical (unpaired) electrons. The van der Waals surface area contributed by atoms with Crippen molar-refractivity contribution < 1.29 is 17.9 Å². The van der Waals surface area contributed by atoms with Crippen LogP contribution in [0.5, 0.6) is 5.75 Å². The van der Waals surface area contributed by atoms with Crippen molar-refractivity contribution in [2.45, 2.75) is 38.5 Å². The normalized spacial score (nSPS) is 16.3. The standard InChI is InChI=1S/C16H22F3N3O.HI/c17-16(18,19)23-14-8-4-3-7-13(14)9-10-21-15(20)22-11-5-1-2-6-12-22;/h3-4,7-8H,1-2,5-6,9-12H2,(H2,20,21);1H. The maximum Gasteiger partial charge on any atom is 0.573 e. The third-order valence-corrected chi connectivity index (χ3v) is 3.78. The van der Waals surface area contributed by atoms with E-state index in [2.05, 4.69) is 9.73 Å². The number of benzene rings is 1. The van der Waals surface area contributed by atoms with Gasteiger partial charge in [-0.1, -0.05) is 31.0 Å². The minimum atomic E-state index is -4.69. The fourth-order valence-electron chi connectivity index (χ4n) is 2.63. The number of nitrogens with zero attached hydrogens (tertiary/aromatic N) is 2. The van der Waals surface area contributed by atoms with E-state index in [9.17, 15) is 13.2 Å². The van der Waals surface area contributed by atoms with Gasteiger partial charge in [0.15, 0.2) is 5.96 Å². The van der Waals surface area contributed by atoms with E-state index in [0.717, 1.165) is 25.9 Å². The SMILES string of the molecule is I.NC(=NCCc1ccccc1OC(F)(F)F)N1CCCCCC1. The Kier molecular flexibility index (Phi) is 8.65. The average Bonchev–Trinajstić information content (AvgIpc) is 2.76. The van der Waals surface area contributed by atoms with Gasteiger partial charge in [-0.2, -0.15) is 0 Å². The third-order valence-electron chi connectivity index (χ3n) is 3.78. The van der Waals surface area contributed by atoms with Crippen molar-refractivity contribution in [2.75, 3.05) is 19.6 Å². The van der Waals surface area contributed by atoms with Gasteiger partial charge in [-0.15, -0.1) is 37.1 Å². The Balaban J connectivity index is 0.00000288. The number of halogens is 4. The molecule has 0 amide bonds. The first kappa shape index (κ1) is 20.9. The molecular weight excluding hydrogens is 434 g/mol.